The molecular weight excluding hydrogens is 326 g/mol. The third-order valence-corrected chi connectivity index (χ3v) is 4.96. The lowest BCUT2D eigenvalue weighted by Crippen LogP contribution is -2.39. The van der Waals surface area contributed by atoms with Crippen molar-refractivity contribution in [2.45, 2.75) is 18.9 Å². The number of thiophene rings is 1. The summed E-state index contributed by atoms with van der Waals surface area (Å²) < 4.78 is 0. The molecular formula is C17H17N3O3S. The summed E-state index contributed by atoms with van der Waals surface area (Å²) in [6.07, 6.45) is 1.73. The number of benzene rings is 1. The van der Waals surface area contributed by atoms with Crippen LogP contribution in [0.25, 0.3) is 0 Å². The second-order valence-electron chi connectivity index (χ2n) is 5.57. The Morgan fingerprint density at radius 1 is 1.21 bits per heavy atom. The highest BCUT2D eigenvalue weighted by molar-refractivity contribution is 7.10. The number of carbonyl (C=O) groups is 3. The van der Waals surface area contributed by atoms with Gasteiger partial charge in [-0.3, -0.25) is 14.4 Å². The van der Waals surface area contributed by atoms with Gasteiger partial charge in [0.2, 0.25) is 5.91 Å². The van der Waals surface area contributed by atoms with E-state index >= 15 is 0 Å². The summed E-state index contributed by atoms with van der Waals surface area (Å²) in [7, 11) is 0. The summed E-state index contributed by atoms with van der Waals surface area (Å²) in [6.45, 7) is 0.566. The van der Waals surface area contributed by atoms with E-state index in [9.17, 15) is 14.4 Å². The first-order valence-electron chi connectivity index (χ1n) is 7.61. The van der Waals surface area contributed by atoms with Gasteiger partial charge in [0.25, 0.3) is 0 Å². The summed E-state index contributed by atoms with van der Waals surface area (Å²) in [5, 5.41) is 4.51. The fraction of sp³-hybridized carbons (Fsp3) is 0.235. The molecule has 2 aromatic rings. The maximum absolute atomic E-state index is 12.5. The predicted octanol–water partition coefficient (Wildman–Crippen LogP) is 2.15. The van der Waals surface area contributed by atoms with Crippen LogP contribution >= 0.6 is 11.3 Å². The molecule has 0 spiro atoms. The molecule has 24 heavy (non-hydrogen) atoms. The zero-order chi connectivity index (χ0) is 17.1. The second-order valence-corrected chi connectivity index (χ2v) is 6.55. The molecule has 0 radical (unpaired) electrons. The highest BCUT2D eigenvalue weighted by Gasteiger charge is 2.33. The molecule has 1 saturated heterocycles. The Hall–Kier alpha value is -2.67. The van der Waals surface area contributed by atoms with Gasteiger partial charge in [-0.25, -0.2) is 0 Å². The topological polar surface area (TPSA) is 92.5 Å². The molecule has 3 rings (SSSR count). The van der Waals surface area contributed by atoms with Gasteiger partial charge in [0.05, 0.1) is 6.04 Å². The minimum absolute atomic E-state index is 0.0415. The number of carbonyl (C=O) groups excluding carboxylic acids is 3. The highest BCUT2D eigenvalue weighted by Crippen LogP contribution is 2.34. The van der Waals surface area contributed by atoms with Crippen molar-refractivity contribution in [1.82, 2.24) is 4.90 Å². The monoisotopic (exact) mass is 343 g/mol. The van der Waals surface area contributed by atoms with E-state index < -0.39 is 17.7 Å². The molecule has 3 N–H and O–H groups in total. The lowest BCUT2D eigenvalue weighted by Gasteiger charge is -2.23. The molecule has 1 unspecified atom stereocenters. The van der Waals surface area contributed by atoms with E-state index in [2.05, 4.69) is 5.32 Å². The fourth-order valence-corrected chi connectivity index (χ4v) is 3.73. The van der Waals surface area contributed by atoms with E-state index in [1.807, 2.05) is 17.5 Å². The van der Waals surface area contributed by atoms with Gasteiger partial charge in [0, 0.05) is 22.7 Å². The Kier molecular flexibility index (Phi) is 4.61. The molecule has 1 aliphatic heterocycles. The van der Waals surface area contributed by atoms with E-state index in [4.69, 9.17) is 5.73 Å². The third-order valence-electron chi connectivity index (χ3n) is 3.98. The number of amides is 3. The van der Waals surface area contributed by atoms with Crippen molar-refractivity contribution in [2.75, 3.05) is 11.9 Å². The van der Waals surface area contributed by atoms with Gasteiger partial charge in [-0.05, 0) is 42.5 Å². The number of hydrogen-bond acceptors (Lipinski definition) is 4. The van der Waals surface area contributed by atoms with Crippen LogP contribution in [0.2, 0.25) is 0 Å². The van der Waals surface area contributed by atoms with E-state index in [1.165, 1.54) is 6.07 Å². The van der Waals surface area contributed by atoms with Gasteiger partial charge >= 0.3 is 11.8 Å². The zero-order valence-corrected chi connectivity index (χ0v) is 13.7. The van der Waals surface area contributed by atoms with Crippen LogP contribution in [0.15, 0.2) is 41.8 Å². The van der Waals surface area contributed by atoms with Crippen molar-refractivity contribution in [2.24, 2.45) is 5.73 Å². The molecule has 2 heterocycles. The molecule has 1 aromatic heterocycles. The first kappa shape index (κ1) is 16.2. The molecule has 1 fully saturated rings. The lowest BCUT2D eigenvalue weighted by molar-refractivity contribution is -0.143. The SMILES string of the molecule is NC(=O)c1cccc(NC(=O)C(=O)N2CCCC2c2cccs2)c1. The molecule has 1 aromatic carbocycles. The average Bonchev–Trinajstić information content (AvgIpc) is 3.25. The maximum atomic E-state index is 12.5. The number of hydrogen-bond donors (Lipinski definition) is 2. The standard InChI is InChI=1S/C17H17N3O3S/c18-15(21)11-4-1-5-12(10-11)19-16(22)17(23)20-8-2-6-13(20)14-7-3-9-24-14/h1,3-5,7,9-10,13H,2,6,8H2,(H2,18,21)(H,19,22). The Balaban J connectivity index is 1.72. The van der Waals surface area contributed by atoms with Crippen LogP contribution in [0.5, 0.6) is 0 Å². The minimum Gasteiger partial charge on any atom is -0.366 e. The Bertz CT molecular complexity index is 773. The van der Waals surface area contributed by atoms with Crippen LogP contribution in [0, 0.1) is 0 Å². The number of anilines is 1. The summed E-state index contributed by atoms with van der Waals surface area (Å²) >= 11 is 1.59. The normalized spacial score (nSPS) is 16.8. The molecule has 0 bridgehead atoms. The number of nitrogens with one attached hydrogen (secondary N) is 1. The smallest absolute Gasteiger partial charge is 0.313 e. The van der Waals surface area contributed by atoms with Crippen molar-refractivity contribution in [3.05, 3.63) is 52.2 Å². The van der Waals surface area contributed by atoms with Gasteiger partial charge in [0.15, 0.2) is 0 Å². The van der Waals surface area contributed by atoms with Crippen molar-refractivity contribution in [1.29, 1.82) is 0 Å². The lowest BCUT2D eigenvalue weighted by atomic mass is 10.2. The number of rotatable bonds is 3. The zero-order valence-electron chi connectivity index (χ0n) is 12.9. The first-order chi connectivity index (χ1) is 11.6. The molecule has 0 aliphatic carbocycles. The van der Waals surface area contributed by atoms with Gasteiger partial charge in [0.1, 0.15) is 0 Å². The van der Waals surface area contributed by atoms with E-state index in [-0.39, 0.29) is 11.6 Å². The van der Waals surface area contributed by atoms with Crippen LogP contribution in [0.4, 0.5) is 5.69 Å². The summed E-state index contributed by atoms with van der Waals surface area (Å²) in [4.78, 5) is 38.7. The summed E-state index contributed by atoms with van der Waals surface area (Å²) in [5.41, 5.74) is 5.87. The van der Waals surface area contributed by atoms with Crippen molar-refractivity contribution in [3.8, 4) is 0 Å². The molecule has 124 valence electrons. The minimum atomic E-state index is -0.708. The first-order valence-corrected chi connectivity index (χ1v) is 8.49. The van der Waals surface area contributed by atoms with Crippen molar-refractivity contribution >= 4 is 34.7 Å². The van der Waals surface area contributed by atoms with Crippen molar-refractivity contribution < 1.29 is 14.4 Å². The van der Waals surface area contributed by atoms with Crippen LogP contribution in [-0.4, -0.2) is 29.2 Å². The van der Waals surface area contributed by atoms with Crippen LogP contribution in [-0.2, 0) is 9.59 Å². The quantitative estimate of drug-likeness (QED) is 0.836. The Morgan fingerprint density at radius 3 is 2.75 bits per heavy atom. The molecule has 1 atom stereocenters. The Morgan fingerprint density at radius 2 is 2.04 bits per heavy atom. The molecule has 1 aliphatic rings. The van der Waals surface area contributed by atoms with Crippen LogP contribution < -0.4 is 11.1 Å². The van der Waals surface area contributed by atoms with Crippen LogP contribution in [0.1, 0.15) is 34.1 Å². The number of primary amides is 1. The number of likely N-dealkylation sites (tertiary alicyclic amines) is 1. The fourth-order valence-electron chi connectivity index (χ4n) is 2.85. The number of nitrogens with zero attached hydrogens (tertiary/aromatic N) is 1. The maximum Gasteiger partial charge on any atom is 0.313 e. The summed E-state index contributed by atoms with van der Waals surface area (Å²) in [6, 6.07) is 10.1. The van der Waals surface area contributed by atoms with E-state index in [1.54, 1.807) is 34.4 Å². The average molecular weight is 343 g/mol. The predicted molar refractivity (Wildman–Crippen MR) is 91.6 cm³/mol. The van der Waals surface area contributed by atoms with Gasteiger partial charge in [-0.1, -0.05) is 12.1 Å². The van der Waals surface area contributed by atoms with Gasteiger partial charge in [-0.2, -0.15) is 0 Å². The largest absolute Gasteiger partial charge is 0.366 e. The van der Waals surface area contributed by atoms with Crippen LogP contribution in [0.3, 0.4) is 0 Å². The molecule has 6 nitrogen and oxygen atoms in total. The van der Waals surface area contributed by atoms with Gasteiger partial charge < -0.3 is 16.0 Å². The number of nitrogens with two attached hydrogens (primary N) is 1. The summed E-state index contributed by atoms with van der Waals surface area (Å²) in [5.74, 6) is -1.86. The molecule has 3 amide bonds. The van der Waals surface area contributed by atoms with E-state index in [0.29, 0.717) is 12.2 Å². The molecule has 7 heteroatoms. The highest BCUT2D eigenvalue weighted by atomic mass is 32.1. The Labute approximate surface area is 143 Å². The van der Waals surface area contributed by atoms with E-state index in [0.717, 1.165) is 17.7 Å². The third kappa shape index (κ3) is 3.30. The molecule has 0 saturated carbocycles. The van der Waals surface area contributed by atoms with Gasteiger partial charge in [-0.15, -0.1) is 11.3 Å². The second kappa shape index (κ2) is 6.84. The van der Waals surface area contributed by atoms with Crippen molar-refractivity contribution in [3.63, 3.8) is 0 Å².